The van der Waals surface area contributed by atoms with Crippen LogP contribution in [-0.2, 0) is 11.2 Å². The maximum atomic E-state index is 12.7. The summed E-state index contributed by atoms with van der Waals surface area (Å²) in [7, 11) is 0. The summed E-state index contributed by atoms with van der Waals surface area (Å²) in [5, 5.41) is 3.80. The lowest BCUT2D eigenvalue weighted by atomic mass is 9.99. The predicted octanol–water partition coefficient (Wildman–Crippen LogP) is 3.23. The fourth-order valence-corrected chi connectivity index (χ4v) is 4.31. The number of amides is 1. The van der Waals surface area contributed by atoms with E-state index in [0.29, 0.717) is 18.9 Å². The van der Waals surface area contributed by atoms with E-state index in [-0.39, 0.29) is 11.6 Å². The van der Waals surface area contributed by atoms with Gasteiger partial charge in [0.2, 0.25) is 5.91 Å². The SMILES string of the molecule is CC1CC(C(=O)NCCN2CC=C(c3ccc(Cl)cc3)CC2)=Cc2[nH]c(=O)[nH]c2C1. The molecule has 1 unspecified atom stereocenters. The van der Waals surface area contributed by atoms with Crippen LogP contribution in [0.15, 0.2) is 40.7 Å². The van der Waals surface area contributed by atoms with E-state index in [1.807, 2.05) is 18.2 Å². The normalized spacial score (nSPS) is 19.5. The molecule has 0 radical (unpaired) electrons. The number of aromatic nitrogens is 2. The first kappa shape index (κ1) is 20.7. The number of hydrogen-bond donors (Lipinski definition) is 3. The zero-order valence-electron chi connectivity index (χ0n) is 17.1. The Labute approximate surface area is 181 Å². The number of benzene rings is 1. The van der Waals surface area contributed by atoms with Gasteiger partial charge in [0.1, 0.15) is 0 Å². The molecule has 2 heterocycles. The van der Waals surface area contributed by atoms with E-state index >= 15 is 0 Å². The molecule has 0 saturated heterocycles. The van der Waals surface area contributed by atoms with Crippen LogP contribution in [0.5, 0.6) is 0 Å². The highest BCUT2D eigenvalue weighted by Crippen LogP contribution is 2.25. The smallest absolute Gasteiger partial charge is 0.323 e. The fraction of sp³-hybridized carbons (Fsp3) is 0.391. The summed E-state index contributed by atoms with van der Waals surface area (Å²) in [6.45, 7) is 5.36. The second-order valence-corrected chi connectivity index (χ2v) is 8.63. The molecule has 7 heteroatoms. The maximum absolute atomic E-state index is 12.7. The molecule has 2 aliphatic rings. The third-order valence-corrected chi connectivity index (χ3v) is 6.04. The summed E-state index contributed by atoms with van der Waals surface area (Å²) < 4.78 is 0. The molecule has 0 fully saturated rings. The number of imidazole rings is 1. The van der Waals surface area contributed by atoms with Gasteiger partial charge in [-0.05, 0) is 54.5 Å². The molecular formula is C23H27ClN4O2. The number of hydrogen-bond acceptors (Lipinski definition) is 3. The minimum absolute atomic E-state index is 0.0499. The van der Waals surface area contributed by atoms with Gasteiger partial charge in [-0.3, -0.25) is 9.69 Å². The second kappa shape index (κ2) is 9.06. The Balaban J connectivity index is 1.29. The Kier molecular flexibility index (Phi) is 6.25. The van der Waals surface area contributed by atoms with E-state index in [0.717, 1.165) is 54.5 Å². The molecule has 6 nitrogen and oxygen atoms in total. The summed E-state index contributed by atoms with van der Waals surface area (Å²) in [5.41, 5.74) is 4.68. The molecule has 0 bridgehead atoms. The van der Waals surface area contributed by atoms with E-state index in [4.69, 9.17) is 11.6 Å². The minimum Gasteiger partial charge on any atom is -0.351 e. The number of fused-ring (bicyclic) bond motifs is 1. The van der Waals surface area contributed by atoms with Gasteiger partial charge in [0.25, 0.3) is 0 Å². The number of H-pyrrole nitrogens is 2. The second-order valence-electron chi connectivity index (χ2n) is 8.20. The fourth-order valence-electron chi connectivity index (χ4n) is 4.19. The van der Waals surface area contributed by atoms with E-state index in [1.165, 1.54) is 11.1 Å². The van der Waals surface area contributed by atoms with Gasteiger partial charge in [0.05, 0.1) is 5.69 Å². The molecule has 1 aliphatic heterocycles. The third kappa shape index (κ3) is 4.94. The molecule has 3 N–H and O–H groups in total. The van der Waals surface area contributed by atoms with Crippen molar-refractivity contribution in [1.29, 1.82) is 0 Å². The van der Waals surface area contributed by atoms with E-state index in [2.05, 4.69) is 45.3 Å². The topological polar surface area (TPSA) is 81.0 Å². The summed E-state index contributed by atoms with van der Waals surface area (Å²) in [6.07, 6.45) is 6.52. The lowest BCUT2D eigenvalue weighted by Gasteiger charge is -2.26. The summed E-state index contributed by atoms with van der Waals surface area (Å²) >= 11 is 5.97. The van der Waals surface area contributed by atoms with Crippen molar-refractivity contribution in [2.75, 3.05) is 26.2 Å². The molecular weight excluding hydrogens is 400 g/mol. The van der Waals surface area contributed by atoms with Crippen LogP contribution in [0.1, 0.15) is 36.7 Å². The lowest BCUT2D eigenvalue weighted by molar-refractivity contribution is -0.117. The first-order chi connectivity index (χ1) is 14.5. The van der Waals surface area contributed by atoms with E-state index in [9.17, 15) is 9.59 Å². The van der Waals surface area contributed by atoms with E-state index < -0.39 is 0 Å². The minimum atomic E-state index is -0.221. The Bertz CT molecular complexity index is 1030. The number of aromatic amines is 2. The van der Waals surface area contributed by atoms with Crippen molar-refractivity contribution in [3.63, 3.8) is 0 Å². The average molecular weight is 427 g/mol. The highest BCUT2D eigenvalue weighted by molar-refractivity contribution is 6.30. The van der Waals surface area contributed by atoms with Gasteiger partial charge in [0, 0.05) is 42.5 Å². The van der Waals surface area contributed by atoms with Crippen LogP contribution in [-0.4, -0.2) is 47.0 Å². The molecule has 1 atom stereocenters. The largest absolute Gasteiger partial charge is 0.351 e. The highest BCUT2D eigenvalue weighted by atomic mass is 35.5. The summed E-state index contributed by atoms with van der Waals surface area (Å²) in [6, 6.07) is 7.98. The van der Waals surface area contributed by atoms with E-state index in [1.54, 1.807) is 0 Å². The van der Waals surface area contributed by atoms with Crippen LogP contribution in [0, 0.1) is 5.92 Å². The number of carbonyl (C=O) groups is 1. The lowest BCUT2D eigenvalue weighted by Crippen LogP contribution is -2.37. The predicted molar refractivity (Wildman–Crippen MR) is 120 cm³/mol. The molecule has 30 heavy (non-hydrogen) atoms. The van der Waals surface area contributed by atoms with Crippen LogP contribution in [0.25, 0.3) is 11.6 Å². The van der Waals surface area contributed by atoms with Gasteiger partial charge in [-0.2, -0.15) is 0 Å². The molecule has 1 aromatic heterocycles. The van der Waals surface area contributed by atoms with Crippen molar-refractivity contribution < 1.29 is 4.79 Å². The quantitative estimate of drug-likeness (QED) is 0.686. The van der Waals surface area contributed by atoms with Crippen LogP contribution < -0.4 is 11.0 Å². The highest BCUT2D eigenvalue weighted by Gasteiger charge is 2.21. The van der Waals surface area contributed by atoms with Crippen molar-refractivity contribution >= 4 is 29.2 Å². The molecule has 1 aliphatic carbocycles. The number of nitrogens with zero attached hydrogens (tertiary/aromatic N) is 1. The number of nitrogens with one attached hydrogen (secondary N) is 3. The van der Waals surface area contributed by atoms with Gasteiger partial charge >= 0.3 is 5.69 Å². The van der Waals surface area contributed by atoms with Crippen molar-refractivity contribution in [3.05, 3.63) is 68.4 Å². The monoisotopic (exact) mass is 426 g/mol. The molecule has 158 valence electrons. The van der Waals surface area contributed by atoms with Crippen LogP contribution >= 0.6 is 11.6 Å². The standard InChI is InChI=1S/C23H27ClN4O2/c1-15-12-18(14-21-20(13-15)26-23(30)27-21)22(29)25-8-11-28-9-6-17(7-10-28)16-2-4-19(24)5-3-16/h2-6,14-15H,7-13H2,1H3,(H,25,29)(H2,26,27,30). The Morgan fingerprint density at radius 2 is 2.03 bits per heavy atom. The third-order valence-electron chi connectivity index (χ3n) is 5.79. The van der Waals surface area contributed by atoms with Gasteiger partial charge in [-0.1, -0.05) is 36.7 Å². The number of halogens is 1. The zero-order valence-corrected chi connectivity index (χ0v) is 17.9. The van der Waals surface area contributed by atoms with Gasteiger partial charge in [-0.25, -0.2) is 4.79 Å². The molecule has 1 aromatic carbocycles. The van der Waals surface area contributed by atoms with Crippen molar-refractivity contribution in [2.45, 2.75) is 26.2 Å². The summed E-state index contributed by atoms with van der Waals surface area (Å²) in [5.74, 6) is 0.249. The first-order valence-corrected chi connectivity index (χ1v) is 10.8. The van der Waals surface area contributed by atoms with Crippen molar-refractivity contribution in [3.8, 4) is 0 Å². The zero-order chi connectivity index (χ0) is 21.1. The van der Waals surface area contributed by atoms with Gasteiger partial charge in [-0.15, -0.1) is 0 Å². The van der Waals surface area contributed by atoms with Gasteiger partial charge in [0.15, 0.2) is 0 Å². The molecule has 4 rings (SSSR count). The first-order valence-electron chi connectivity index (χ1n) is 10.4. The van der Waals surface area contributed by atoms with Crippen LogP contribution in [0.3, 0.4) is 0 Å². The van der Waals surface area contributed by atoms with Crippen LogP contribution in [0.2, 0.25) is 5.02 Å². The maximum Gasteiger partial charge on any atom is 0.323 e. The number of carbonyl (C=O) groups excluding carboxylic acids is 1. The molecule has 2 aromatic rings. The van der Waals surface area contributed by atoms with Crippen LogP contribution in [0.4, 0.5) is 0 Å². The van der Waals surface area contributed by atoms with Crippen molar-refractivity contribution in [2.24, 2.45) is 5.92 Å². The average Bonchev–Trinajstić information content (AvgIpc) is 2.98. The summed E-state index contributed by atoms with van der Waals surface area (Å²) in [4.78, 5) is 32.2. The number of rotatable bonds is 5. The molecule has 0 spiro atoms. The van der Waals surface area contributed by atoms with Crippen molar-refractivity contribution in [1.82, 2.24) is 20.2 Å². The van der Waals surface area contributed by atoms with Gasteiger partial charge < -0.3 is 15.3 Å². The Morgan fingerprint density at radius 3 is 2.77 bits per heavy atom. The molecule has 1 amide bonds. The molecule has 0 saturated carbocycles. The Morgan fingerprint density at radius 1 is 1.23 bits per heavy atom. The Hall–Kier alpha value is -2.57.